The highest BCUT2D eigenvalue weighted by molar-refractivity contribution is 5.97. The number of carbonyl (C=O) groups is 1. The quantitative estimate of drug-likeness (QED) is 0.843. The van der Waals surface area contributed by atoms with Crippen LogP contribution in [-0.4, -0.2) is 38.0 Å². The third kappa shape index (κ3) is 3.16. The van der Waals surface area contributed by atoms with Crippen LogP contribution in [0.25, 0.3) is 5.82 Å². The summed E-state index contributed by atoms with van der Waals surface area (Å²) >= 11 is 0. The SMILES string of the molecule is CCC(C)C(CO)NC(=O)c1cnn(C)c1-n1cccc1. The Hall–Kier alpha value is -2.08. The van der Waals surface area contributed by atoms with Gasteiger partial charge in [-0.2, -0.15) is 5.10 Å². The fourth-order valence-corrected chi connectivity index (χ4v) is 2.27. The van der Waals surface area contributed by atoms with Gasteiger partial charge in [0.1, 0.15) is 11.4 Å². The molecule has 0 radical (unpaired) electrons. The molecule has 6 heteroatoms. The van der Waals surface area contributed by atoms with Crippen molar-refractivity contribution < 1.29 is 9.90 Å². The number of hydrogen-bond donors (Lipinski definition) is 2. The maximum absolute atomic E-state index is 12.5. The lowest BCUT2D eigenvalue weighted by Crippen LogP contribution is -2.42. The molecule has 0 spiro atoms. The molecule has 21 heavy (non-hydrogen) atoms. The molecule has 2 aromatic rings. The molecular formula is C15H22N4O2. The van der Waals surface area contributed by atoms with Gasteiger partial charge >= 0.3 is 0 Å². The molecule has 2 unspecified atom stereocenters. The molecule has 2 N–H and O–H groups in total. The minimum Gasteiger partial charge on any atom is -0.394 e. The molecule has 2 aromatic heterocycles. The number of rotatable bonds is 6. The van der Waals surface area contributed by atoms with Crippen molar-refractivity contribution in [3.8, 4) is 5.82 Å². The van der Waals surface area contributed by atoms with Crippen molar-refractivity contribution in [2.24, 2.45) is 13.0 Å². The molecule has 0 saturated carbocycles. The number of hydrogen-bond acceptors (Lipinski definition) is 3. The third-order valence-corrected chi connectivity index (χ3v) is 3.85. The lowest BCUT2D eigenvalue weighted by atomic mass is 9.99. The predicted molar refractivity (Wildman–Crippen MR) is 80.3 cm³/mol. The molecule has 0 fully saturated rings. The normalized spacial score (nSPS) is 13.9. The number of aromatic nitrogens is 3. The summed E-state index contributed by atoms with van der Waals surface area (Å²) in [4.78, 5) is 12.5. The van der Waals surface area contributed by atoms with Crippen molar-refractivity contribution in [2.75, 3.05) is 6.61 Å². The monoisotopic (exact) mass is 290 g/mol. The van der Waals surface area contributed by atoms with Gasteiger partial charge in [-0.3, -0.25) is 9.48 Å². The second kappa shape index (κ2) is 6.58. The van der Waals surface area contributed by atoms with Crippen molar-refractivity contribution in [1.29, 1.82) is 0 Å². The molecule has 0 saturated heterocycles. The molecular weight excluding hydrogens is 268 g/mol. The zero-order valence-electron chi connectivity index (χ0n) is 12.7. The van der Waals surface area contributed by atoms with Crippen molar-refractivity contribution in [2.45, 2.75) is 26.3 Å². The van der Waals surface area contributed by atoms with Crippen LogP contribution in [-0.2, 0) is 7.05 Å². The van der Waals surface area contributed by atoms with Gasteiger partial charge in [-0.05, 0) is 18.1 Å². The van der Waals surface area contributed by atoms with Gasteiger partial charge in [0.15, 0.2) is 0 Å². The number of carbonyl (C=O) groups excluding carboxylic acids is 1. The van der Waals surface area contributed by atoms with E-state index in [1.165, 1.54) is 0 Å². The Labute approximate surface area is 124 Å². The van der Waals surface area contributed by atoms with Crippen molar-refractivity contribution in [3.63, 3.8) is 0 Å². The Morgan fingerprint density at radius 2 is 2.10 bits per heavy atom. The van der Waals surface area contributed by atoms with E-state index in [-0.39, 0.29) is 24.5 Å². The Balaban J connectivity index is 2.24. The summed E-state index contributed by atoms with van der Waals surface area (Å²) in [5, 5.41) is 16.5. The number of aryl methyl sites for hydroxylation is 1. The summed E-state index contributed by atoms with van der Waals surface area (Å²) in [5.74, 6) is 0.704. The highest BCUT2D eigenvalue weighted by Crippen LogP contribution is 2.15. The van der Waals surface area contributed by atoms with Crippen LogP contribution < -0.4 is 5.32 Å². The van der Waals surface area contributed by atoms with Gasteiger partial charge in [-0.15, -0.1) is 0 Å². The number of nitrogens with one attached hydrogen (secondary N) is 1. The minimum atomic E-state index is -0.250. The van der Waals surface area contributed by atoms with E-state index in [0.29, 0.717) is 11.4 Å². The average Bonchev–Trinajstić information content (AvgIpc) is 3.12. The zero-order valence-corrected chi connectivity index (χ0v) is 12.7. The molecule has 2 rings (SSSR count). The molecule has 2 heterocycles. The number of amides is 1. The van der Waals surface area contributed by atoms with E-state index >= 15 is 0 Å². The van der Waals surface area contributed by atoms with Gasteiger partial charge in [0.05, 0.1) is 18.8 Å². The van der Waals surface area contributed by atoms with E-state index in [2.05, 4.69) is 10.4 Å². The van der Waals surface area contributed by atoms with E-state index in [1.807, 2.05) is 42.9 Å². The Morgan fingerprint density at radius 1 is 1.43 bits per heavy atom. The second-order valence-corrected chi connectivity index (χ2v) is 5.24. The van der Waals surface area contributed by atoms with E-state index in [0.717, 1.165) is 6.42 Å². The molecule has 2 atom stereocenters. The maximum Gasteiger partial charge on any atom is 0.257 e. The van der Waals surface area contributed by atoms with Crippen LogP contribution in [0.1, 0.15) is 30.6 Å². The van der Waals surface area contributed by atoms with Gasteiger partial charge < -0.3 is 15.0 Å². The number of aliphatic hydroxyl groups is 1. The molecule has 0 aromatic carbocycles. The molecule has 6 nitrogen and oxygen atoms in total. The summed E-state index contributed by atoms with van der Waals surface area (Å²) in [6.45, 7) is 3.98. The first kappa shape index (κ1) is 15.3. The molecule has 0 aliphatic heterocycles. The predicted octanol–water partition coefficient (Wildman–Crippen LogP) is 1.35. The van der Waals surface area contributed by atoms with Gasteiger partial charge in [0, 0.05) is 19.4 Å². The summed E-state index contributed by atoms with van der Waals surface area (Å²) in [7, 11) is 1.80. The molecule has 1 amide bonds. The average molecular weight is 290 g/mol. The topological polar surface area (TPSA) is 72.1 Å². The second-order valence-electron chi connectivity index (χ2n) is 5.24. The fourth-order valence-electron chi connectivity index (χ4n) is 2.27. The van der Waals surface area contributed by atoms with Gasteiger partial charge in [-0.1, -0.05) is 20.3 Å². The Kier molecular flexibility index (Phi) is 4.80. The lowest BCUT2D eigenvalue weighted by molar-refractivity contribution is 0.0891. The summed E-state index contributed by atoms with van der Waals surface area (Å²) in [6, 6.07) is 3.54. The lowest BCUT2D eigenvalue weighted by Gasteiger charge is -2.22. The van der Waals surface area contributed by atoms with Crippen LogP contribution in [0.4, 0.5) is 0 Å². The standard InChI is InChI=1S/C15H22N4O2/c1-4-11(2)13(10-20)17-14(21)12-9-16-18(3)15(12)19-7-5-6-8-19/h5-9,11,13,20H,4,10H2,1-3H3,(H,17,21). The first-order valence-electron chi connectivity index (χ1n) is 7.15. The fraction of sp³-hybridized carbons (Fsp3) is 0.467. The first-order chi connectivity index (χ1) is 10.1. The largest absolute Gasteiger partial charge is 0.394 e. The van der Waals surface area contributed by atoms with E-state index in [4.69, 9.17) is 0 Å². The van der Waals surface area contributed by atoms with Gasteiger partial charge in [0.2, 0.25) is 0 Å². The maximum atomic E-state index is 12.5. The minimum absolute atomic E-state index is 0.0696. The van der Waals surface area contributed by atoms with Crippen LogP contribution in [0.3, 0.4) is 0 Å². The molecule has 0 bridgehead atoms. The van der Waals surface area contributed by atoms with Crippen LogP contribution in [0, 0.1) is 5.92 Å². The van der Waals surface area contributed by atoms with Crippen molar-refractivity contribution in [1.82, 2.24) is 19.7 Å². The van der Waals surface area contributed by atoms with Gasteiger partial charge in [-0.25, -0.2) is 0 Å². The van der Waals surface area contributed by atoms with Crippen molar-refractivity contribution in [3.05, 3.63) is 36.3 Å². The van der Waals surface area contributed by atoms with E-state index in [1.54, 1.807) is 17.9 Å². The van der Waals surface area contributed by atoms with Crippen LogP contribution in [0.15, 0.2) is 30.7 Å². The summed E-state index contributed by atoms with van der Waals surface area (Å²) in [5.41, 5.74) is 0.496. The number of aliphatic hydroxyl groups excluding tert-OH is 1. The molecule has 0 aliphatic rings. The Bertz CT molecular complexity index is 589. The Morgan fingerprint density at radius 3 is 2.67 bits per heavy atom. The number of nitrogens with zero attached hydrogens (tertiary/aromatic N) is 3. The summed E-state index contributed by atoms with van der Waals surface area (Å²) < 4.78 is 3.51. The van der Waals surface area contributed by atoms with Gasteiger partial charge in [0.25, 0.3) is 5.91 Å². The van der Waals surface area contributed by atoms with Crippen LogP contribution in [0.2, 0.25) is 0 Å². The van der Waals surface area contributed by atoms with E-state index < -0.39 is 0 Å². The smallest absolute Gasteiger partial charge is 0.257 e. The zero-order chi connectivity index (χ0) is 15.4. The third-order valence-electron chi connectivity index (χ3n) is 3.85. The molecule has 114 valence electrons. The summed E-state index contributed by atoms with van der Waals surface area (Å²) in [6.07, 6.45) is 6.18. The highest BCUT2D eigenvalue weighted by Gasteiger charge is 2.22. The molecule has 0 aliphatic carbocycles. The van der Waals surface area contributed by atoms with Crippen molar-refractivity contribution >= 4 is 5.91 Å². The van der Waals surface area contributed by atoms with E-state index in [9.17, 15) is 9.90 Å². The highest BCUT2D eigenvalue weighted by atomic mass is 16.3. The van der Waals surface area contributed by atoms with Crippen LogP contribution >= 0.6 is 0 Å². The first-order valence-corrected chi connectivity index (χ1v) is 7.15. The van der Waals surface area contributed by atoms with Crippen LogP contribution in [0.5, 0.6) is 0 Å².